The molecule has 47 heavy (non-hydrogen) atoms. The van der Waals surface area contributed by atoms with E-state index in [9.17, 15) is 132 Å². The molecule has 2 nitrogen and oxygen atoms in total. The molecule has 2 atom stereocenters. The number of hydrogen-bond donors (Lipinski definition) is 2. The first-order valence-electron chi connectivity index (χ1n) is 9.62. The topological polar surface area (TPSA) is 40.5 Å². The Morgan fingerprint density at radius 3 is 0.468 bits per heavy atom. The van der Waals surface area contributed by atoms with Gasteiger partial charge in [-0.1, -0.05) is 0 Å². The fraction of sp³-hybridized carbons (Fsp3) is 1.00. The minimum Gasteiger partial charge on any atom is -0.352 e. The van der Waals surface area contributed by atoms with E-state index >= 15 is 0 Å². The van der Waals surface area contributed by atoms with Gasteiger partial charge in [0.15, 0.2) is 0 Å². The Morgan fingerprint density at radius 1 is 0.170 bits per heavy atom. The van der Waals surface area contributed by atoms with Gasteiger partial charge in [0, 0.05) is 0 Å². The van der Waals surface area contributed by atoms with Crippen LogP contribution in [-0.4, -0.2) is 99.4 Å². The van der Waals surface area contributed by atoms with Crippen LogP contribution < -0.4 is 0 Å². The molecular weight excluding hydrogens is 782 g/mol. The van der Waals surface area contributed by atoms with Crippen molar-refractivity contribution in [3.63, 3.8) is 0 Å². The van der Waals surface area contributed by atoms with Crippen LogP contribution in [0, 0.1) is 0 Å². The Hall–Kier alpha value is -2.18. The fourth-order valence-corrected chi connectivity index (χ4v) is 2.56. The second-order valence-electron chi connectivity index (χ2n) is 8.56. The Labute approximate surface area is 232 Å². The van der Waals surface area contributed by atoms with Gasteiger partial charge in [0.2, 0.25) is 0 Å². The van der Waals surface area contributed by atoms with Crippen molar-refractivity contribution in [1.82, 2.24) is 0 Å². The molecule has 0 fully saturated rings. The second-order valence-corrected chi connectivity index (χ2v) is 8.56. The molecule has 32 heteroatoms. The van der Waals surface area contributed by atoms with Crippen molar-refractivity contribution < 1.29 is 142 Å². The maximum Gasteiger partial charge on any atom is 0.460 e. The zero-order chi connectivity index (χ0) is 39.5. The van der Waals surface area contributed by atoms with Crippen LogP contribution in [0.3, 0.4) is 0 Å². The largest absolute Gasteiger partial charge is 0.460 e. The highest BCUT2D eigenvalue weighted by Gasteiger charge is 3.01. The Morgan fingerprint density at radius 2 is 0.319 bits per heavy atom. The summed E-state index contributed by atoms with van der Waals surface area (Å²) in [6.07, 6.45) is -16.3. The van der Waals surface area contributed by atoms with E-state index in [-0.39, 0.29) is 0 Å². The summed E-state index contributed by atoms with van der Waals surface area (Å²) in [5.74, 6) is -123. The SMILES string of the molecule is OC(F)(C(F)(F)F)C(O)(F)C(F)(F)C(F)(F)C(F)(F)C(F)(F)C(F)(F)C(F)(F)C(F)(F)C(F)(F)C(F)(F)C(F)(F)C(F)(F)C(F)(F)F. The van der Waals surface area contributed by atoms with Crippen molar-refractivity contribution in [3.05, 3.63) is 0 Å². The molecule has 0 aromatic heterocycles. The fourth-order valence-electron chi connectivity index (χ4n) is 2.56. The summed E-state index contributed by atoms with van der Waals surface area (Å²) >= 11 is 0. The molecule has 0 spiro atoms. The van der Waals surface area contributed by atoms with Crippen LogP contribution in [0.25, 0.3) is 0 Å². The standard InChI is InChI=1S/C15H2F30O2/c16-1(17,3(20,21)5(24,25)7(28,29)9(32,33)11(36,37)14(40,41)42)2(18,19)4(22,23)6(26,27)8(30,31)10(34,35)12(38,46)13(39,47)15(43,44)45/h46-47H. The molecular formula is C15H2F30O2. The second kappa shape index (κ2) is 10.4. The molecule has 0 aliphatic rings. The third-order valence-electron chi connectivity index (χ3n) is 5.53. The molecule has 284 valence electrons. The number of halogens is 30. The van der Waals surface area contributed by atoms with Gasteiger partial charge in [-0.3, -0.25) is 0 Å². The van der Waals surface area contributed by atoms with Gasteiger partial charge >= 0.3 is 89.2 Å². The van der Waals surface area contributed by atoms with Crippen molar-refractivity contribution in [3.8, 4) is 0 Å². The summed E-state index contributed by atoms with van der Waals surface area (Å²) in [5.41, 5.74) is 0. The van der Waals surface area contributed by atoms with Gasteiger partial charge in [0.05, 0.1) is 0 Å². The first-order chi connectivity index (χ1) is 19.5. The van der Waals surface area contributed by atoms with Crippen LogP contribution >= 0.6 is 0 Å². The van der Waals surface area contributed by atoms with E-state index in [2.05, 4.69) is 0 Å². The first-order valence-corrected chi connectivity index (χ1v) is 9.62. The normalized spacial score (nSPS) is 19.4. The van der Waals surface area contributed by atoms with E-state index in [4.69, 9.17) is 10.2 Å². The zero-order valence-corrected chi connectivity index (χ0v) is 19.7. The average Bonchev–Trinajstić information content (AvgIpc) is 2.80. The van der Waals surface area contributed by atoms with Gasteiger partial charge in [-0.05, 0) is 0 Å². The van der Waals surface area contributed by atoms with Crippen LogP contribution in [0.1, 0.15) is 0 Å². The van der Waals surface area contributed by atoms with E-state index in [1.807, 2.05) is 0 Å². The van der Waals surface area contributed by atoms with Crippen molar-refractivity contribution in [1.29, 1.82) is 0 Å². The Bertz CT molecular complexity index is 1060. The molecule has 0 amide bonds. The lowest BCUT2D eigenvalue weighted by Gasteiger charge is -2.46. The van der Waals surface area contributed by atoms with Crippen molar-refractivity contribution in [2.24, 2.45) is 0 Å². The third-order valence-corrected chi connectivity index (χ3v) is 5.53. The summed E-state index contributed by atoms with van der Waals surface area (Å²) in [6, 6.07) is 0. The number of rotatable bonds is 12. The molecule has 0 aromatic rings. The summed E-state index contributed by atoms with van der Waals surface area (Å²) < 4.78 is 394. The lowest BCUT2D eigenvalue weighted by Crippen LogP contribution is -2.80. The van der Waals surface area contributed by atoms with E-state index < -0.39 is 89.2 Å². The lowest BCUT2D eigenvalue weighted by molar-refractivity contribution is -0.501. The van der Waals surface area contributed by atoms with Gasteiger partial charge in [-0.15, -0.1) is 0 Å². The first kappa shape index (κ1) is 44.8. The van der Waals surface area contributed by atoms with E-state index in [1.165, 1.54) is 0 Å². The number of aliphatic hydroxyl groups is 2. The van der Waals surface area contributed by atoms with E-state index in [0.717, 1.165) is 0 Å². The van der Waals surface area contributed by atoms with E-state index in [0.29, 0.717) is 0 Å². The van der Waals surface area contributed by atoms with Gasteiger partial charge < -0.3 is 10.2 Å². The Balaban J connectivity index is 7.61. The molecule has 0 saturated heterocycles. The van der Waals surface area contributed by atoms with Crippen molar-refractivity contribution >= 4 is 0 Å². The number of hydrogen-bond acceptors (Lipinski definition) is 2. The monoisotopic (exact) mass is 784 g/mol. The predicted octanol–water partition coefficient (Wildman–Crippen LogP) is 8.42. The average molecular weight is 784 g/mol. The highest BCUT2D eigenvalue weighted by atomic mass is 19.4. The highest BCUT2D eigenvalue weighted by Crippen LogP contribution is 2.68. The van der Waals surface area contributed by atoms with Crippen molar-refractivity contribution in [2.45, 2.75) is 89.2 Å². The highest BCUT2D eigenvalue weighted by molar-refractivity contribution is 5.21. The summed E-state index contributed by atoms with van der Waals surface area (Å²) in [7, 11) is 0. The quantitative estimate of drug-likeness (QED) is 0.195. The third kappa shape index (κ3) is 5.00. The molecule has 2 N–H and O–H groups in total. The summed E-state index contributed by atoms with van der Waals surface area (Å²) in [5, 5.41) is 16.0. The van der Waals surface area contributed by atoms with Crippen LogP contribution in [0.2, 0.25) is 0 Å². The molecule has 0 bridgehead atoms. The van der Waals surface area contributed by atoms with Crippen molar-refractivity contribution in [2.75, 3.05) is 0 Å². The molecule has 0 saturated carbocycles. The zero-order valence-electron chi connectivity index (χ0n) is 19.7. The van der Waals surface area contributed by atoms with Crippen LogP contribution in [0.15, 0.2) is 0 Å². The predicted molar refractivity (Wildman–Crippen MR) is 78.6 cm³/mol. The minimum absolute atomic E-state index is 7.91. The van der Waals surface area contributed by atoms with Gasteiger partial charge in [0.25, 0.3) is 0 Å². The smallest absolute Gasteiger partial charge is 0.352 e. The summed E-state index contributed by atoms with van der Waals surface area (Å²) in [6.45, 7) is 0. The van der Waals surface area contributed by atoms with Crippen LogP contribution in [0.4, 0.5) is 132 Å². The maximum atomic E-state index is 13.7. The van der Waals surface area contributed by atoms with Crippen LogP contribution in [0.5, 0.6) is 0 Å². The minimum atomic E-state index is -10.0. The molecule has 0 heterocycles. The number of alkyl halides is 30. The Kier molecular flexibility index (Phi) is 9.93. The van der Waals surface area contributed by atoms with Gasteiger partial charge in [0.1, 0.15) is 0 Å². The van der Waals surface area contributed by atoms with Gasteiger partial charge in [-0.2, -0.15) is 132 Å². The molecule has 0 radical (unpaired) electrons. The molecule has 0 aliphatic heterocycles. The molecule has 0 rings (SSSR count). The molecule has 0 aromatic carbocycles. The maximum absolute atomic E-state index is 13.7. The van der Waals surface area contributed by atoms with Crippen LogP contribution in [-0.2, 0) is 0 Å². The molecule has 2 unspecified atom stereocenters. The molecule has 0 aliphatic carbocycles. The summed E-state index contributed by atoms with van der Waals surface area (Å²) in [4.78, 5) is 0. The van der Waals surface area contributed by atoms with E-state index in [1.54, 1.807) is 0 Å². The lowest BCUT2D eigenvalue weighted by atomic mass is 9.83. The van der Waals surface area contributed by atoms with Gasteiger partial charge in [-0.25, -0.2) is 0 Å².